The van der Waals surface area contributed by atoms with Gasteiger partial charge in [0.15, 0.2) is 0 Å². The highest BCUT2D eigenvalue weighted by Crippen LogP contribution is 2.41. The van der Waals surface area contributed by atoms with Gasteiger partial charge in [-0.1, -0.05) is 44.5 Å². The number of piperidine rings is 1. The molecule has 1 aromatic rings. The van der Waals surface area contributed by atoms with E-state index < -0.39 is 0 Å². The molecule has 3 nitrogen and oxygen atoms in total. The van der Waals surface area contributed by atoms with Crippen LogP contribution in [-0.4, -0.2) is 29.5 Å². The average molecular weight is 334 g/mol. The fourth-order valence-corrected chi connectivity index (χ4v) is 3.57. The Bertz CT molecular complexity index is 630. The molecule has 4 heteroatoms. The van der Waals surface area contributed by atoms with Crippen molar-refractivity contribution in [2.75, 3.05) is 13.1 Å². The summed E-state index contributed by atoms with van der Waals surface area (Å²) in [6.45, 7) is 7.44. The zero-order valence-electron chi connectivity index (χ0n) is 14.1. The van der Waals surface area contributed by atoms with Crippen LogP contribution >= 0.6 is 11.6 Å². The molecule has 2 aliphatic rings. The second kappa shape index (κ2) is 5.86. The van der Waals surface area contributed by atoms with Gasteiger partial charge in [0.2, 0.25) is 5.91 Å². The lowest BCUT2D eigenvalue weighted by Crippen LogP contribution is -2.52. The first-order chi connectivity index (χ1) is 10.8. The average Bonchev–Trinajstić information content (AvgIpc) is 2.90. The standard InChI is InChI=1S/C19H24ClNO2/c1-18(2,3)17(22)21-10-4-9-19(13-21)11-15(12-23-19)14-5-7-16(20)8-6-14/h5-8,12H,4,9-11,13H2,1-3H3. The quantitative estimate of drug-likeness (QED) is 0.756. The number of carbonyl (C=O) groups is 1. The number of amides is 1. The van der Waals surface area contributed by atoms with Crippen molar-refractivity contribution in [3.05, 3.63) is 41.1 Å². The van der Waals surface area contributed by atoms with Gasteiger partial charge in [-0.05, 0) is 36.1 Å². The zero-order chi connectivity index (χ0) is 16.7. The molecular weight excluding hydrogens is 310 g/mol. The second-order valence-corrected chi connectivity index (χ2v) is 8.14. The predicted molar refractivity (Wildman–Crippen MR) is 93.1 cm³/mol. The molecule has 2 heterocycles. The molecule has 1 fully saturated rings. The summed E-state index contributed by atoms with van der Waals surface area (Å²) < 4.78 is 6.08. The molecule has 23 heavy (non-hydrogen) atoms. The summed E-state index contributed by atoms with van der Waals surface area (Å²) in [5.74, 6) is 0.208. The predicted octanol–water partition coefficient (Wildman–Crippen LogP) is 4.51. The minimum atomic E-state index is -0.344. The maximum Gasteiger partial charge on any atom is 0.228 e. The van der Waals surface area contributed by atoms with E-state index in [1.54, 1.807) is 0 Å². The van der Waals surface area contributed by atoms with Crippen molar-refractivity contribution in [1.82, 2.24) is 4.90 Å². The highest BCUT2D eigenvalue weighted by atomic mass is 35.5. The molecule has 0 radical (unpaired) electrons. The molecule has 0 bridgehead atoms. The molecule has 2 aliphatic heterocycles. The molecule has 3 rings (SSSR count). The van der Waals surface area contributed by atoms with Crippen molar-refractivity contribution in [3.63, 3.8) is 0 Å². The zero-order valence-corrected chi connectivity index (χ0v) is 14.8. The van der Waals surface area contributed by atoms with Crippen LogP contribution in [-0.2, 0) is 9.53 Å². The molecule has 1 atom stereocenters. The largest absolute Gasteiger partial charge is 0.492 e. The van der Waals surface area contributed by atoms with Gasteiger partial charge in [-0.15, -0.1) is 0 Å². The number of benzene rings is 1. The SMILES string of the molecule is CC(C)(C)C(=O)N1CCCC2(CC(c3ccc(Cl)cc3)=CO2)C1. The second-order valence-electron chi connectivity index (χ2n) is 7.71. The van der Waals surface area contributed by atoms with Gasteiger partial charge >= 0.3 is 0 Å². The Balaban J connectivity index is 1.72. The summed E-state index contributed by atoms with van der Waals surface area (Å²) in [5, 5.41) is 0.739. The van der Waals surface area contributed by atoms with Gasteiger partial charge in [0.1, 0.15) is 5.60 Å². The van der Waals surface area contributed by atoms with Crippen LogP contribution in [0, 0.1) is 5.41 Å². The lowest BCUT2D eigenvalue weighted by molar-refractivity contribution is -0.146. The van der Waals surface area contributed by atoms with E-state index in [2.05, 4.69) is 0 Å². The summed E-state index contributed by atoms with van der Waals surface area (Å²) in [6, 6.07) is 7.85. The third-order valence-electron chi connectivity index (χ3n) is 4.65. The van der Waals surface area contributed by atoms with Gasteiger partial charge < -0.3 is 9.64 Å². The van der Waals surface area contributed by atoms with Crippen LogP contribution in [0.3, 0.4) is 0 Å². The fourth-order valence-electron chi connectivity index (χ4n) is 3.45. The third-order valence-corrected chi connectivity index (χ3v) is 4.90. The number of halogens is 1. The first-order valence-electron chi connectivity index (χ1n) is 8.21. The Labute approximate surface area is 143 Å². The van der Waals surface area contributed by atoms with Crippen molar-refractivity contribution < 1.29 is 9.53 Å². The van der Waals surface area contributed by atoms with E-state index in [1.807, 2.05) is 56.2 Å². The summed E-state index contributed by atoms with van der Waals surface area (Å²) in [7, 11) is 0. The van der Waals surface area contributed by atoms with E-state index in [4.69, 9.17) is 16.3 Å². The van der Waals surface area contributed by atoms with Crippen molar-refractivity contribution in [3.8, 4) is 0 Å². The monoisotopic (exact) mass is 333 g/mol. The minimum absolute atomic E-state index is 0.208. The Kier molecular flexibility index (Phi) is 4.18. The third kappa shape index (κ3) is 3.40. The van der Waals surface area contributed by atoms with Gasteiger partial charge in [0.05, 0.1) is 12.8 Å². The van der Waals surface area contributed by atoms with Crippen LogP contribution < -0.4 is 0 Å². The maximum absolute atomic E-state index is 12.6. The van der Waals surface area contributed by atoms with E-state index in [-0.39, 0.29) is 16.9 Å². The fraction of sp³-hybridized carbons (Fsp3) is 0.526. The van der Waals surface area contributed by atoms with Crippen LogP contribution in [0.1, 0.15) is 45.6 Å². The molecule has 0 aliphatic carbocycles. The molecule has 0 aromatic heterocycles. The Morgan fingerprint density at radius 1 is 1.26 bits per heavy atom. The van der Waals surface area contributed by atoms with Crippen LogP contribution in [0.15, 0.2) is 30.5 Å². The van der Waals surface area contributed by atoms with Crippen LogP contribution in [0.25, 0.3) is 5.57 Å². The number of likely N-dealkylation sites (tertiary alicyclic amines) is 1. The van der Waals surface area contributed by atoms with Gasteiger partial charge in [-0.25, -0.2) is 0 Å². The summed E-state index contributed by atoms with van der Waals surface area (Å²) >= 11 is 5.96. The van der Waals surface area contributed by atoms with Crippen LogP contribution in [0.5, 0.6) is 0 Å². The molecule has 1 aromatic carbocycles. The minimum Gasteiger partial charge on any atom is -0.492 e. The number of hydrogen-bond donors (Lipinski definition) is 0. The number of ether oxygens (including phenoxy) is 1. The van der Waals surface area contributed by atoms with Gasteiger partial charge in [-0.2, -0.15) is 0 Å². The van der Waals surface area contributed by atoms with E-state index in [1.165, 1.54) is 5.57 Å². The van der Waals surface area contributed by atoms with E-state index in [9.17, 15) is 4.79 Å². The smallest absolute Gasteiger partial charge is 0.228 e. The summed E-state index contributed by atoms with van der Waals surface area (Å²) in [5.41, 5.74) is 1.73. The first-order valence-corrected chi connectivity index (χ1v) is 8.59. The summed E-state index contributed by atoms with van der Waals surface area (Å²) in [4.78, 5) is 14.6. The van der Waals surface area contributed by atoms with E-state index >= 15 is 0 Å². The first kappa shape index (κ1) is 16.4. The Hall–Kier alpha value is -1.48. The molecule has 1 saturated heterocycles. The van der Waals surface area contributed by atoms with Gasteiger partial charge in [-0.3, -0.25) is 4.79 Å². The van der Waals surface area contributed by atoms with Crippen molar-refractivity contribution in [2.45, 2.75) is 45.6 Å². The lowest BCUT2D eigenvalue weighted by Gasteiger charge is -2.42. The number of hydrogen-bond acceptors (Lipinski definition) is 2. The molecular formula is C19H24ClNO2. The molecule has 0 N–H and O–H groups in total. The molecule has 0 saturated carbocycles. The van der Waals surface area contributed by atoms with Gasteiger partial charge in [0, 0.05) is 23.4 Å². The molecule has 1 amide bonds. The van der Waals surface area contributed by atoms with Crippen molar-refractivity contribution in [1.29, 1.82) is 0 Å². The normalized spacial score (nSPS) is 24.5. The van der Waals surface area contributed by atoms with E-state index in [0.717, 1.165) is 36.4 Å². The Morgan fingerprint density at radius 3 is 2.61 bits per heavy atom. The molecule has 1 spiro atoms. The van der Waals surface area contributed by atoms with Crippen LogP contribution in [0.2, 0.25) is 5.02 Å². The Morgan fingerprint density at radius 2 is 1.96 bits per heavy atom. The topological polar surface area (TPSA) is 29.5 Å². The lowest BCUT2D eigenvalue weighted by atomic mass is 9.84. The maximum atomic E-state index is 12.6. The van der Waals surface area contributed by atoms with Crippen molar-refractivity contribution in [2.24, 2.45) is 5.41 Å². The van der Waals surface area contributed by atoms with Crippen molar-refractivity contribution >= 4 is 23.1 Å². The summed E-state index contributed by atoms with van der Waals surface area (Å²) in [6.07, 6.45) is 4.70. The highest BCUT2D eigenvalue weighted by Gasteiger charge is 2.43. The molecule has 124 valence electrons. The van der Waals surface area contributed by atoms with E-state index in [0.29, 0.717) is 6.54 Å². The number of rotatable bonds is 1. The van der Waals surface area contributed by atoms with Gasteiger partial charge in [0.25, 0.3) is 0 Å². The number of carbonyl (C=O) groups excluding carboxylic acids is 1. The molecule has 1 unspecified atom stereocenters. The number of nitrogens with zero attached hydrogens (tertiary/aromatic N) is 1. The van der Waals surface area contributed by atoms with Crippen LogP contribution in [0.4, 0.5) is 0 Å². The highest BCUT2D eigenvalue weighted by molar-refractivity contribution is 6.30.